The Labute approximate surface area is 182 Å². The molecule has 1 heterocycles. The molecule has 1 N–H and O–H groups in total. The molecular weight excluding hydrogens is 396 g/mol. The molecule has 0 atom stereocenters. The number of ether oxygens (including phenoxy) is 1. The van der Waals surface area contributed by atoms with Crippen LogP contribution in [0.3, 0.4) is 0 Å². The van der Waals surface area contributed by atoms with E-state index in [1.807, 2.05) is 41.8 Å². The molecule has 6 nitrogen and oxygen atoms in total. The first-order valence-corrected chi connectivity index (χ1v) is 11.1. The quantitative estimate of drug-likeness (QED) is 0.412. The molecule has 0 saturated carbocycles. The third kappa shape index (κ3) is 5.42. The molecule has 1 aromatic heterocycles. The van der Waals surface area contributed by atoms with Gasteiger partial charge in [-0.1, -0.05) is 53.7 Å². The molecule has 7 heteroatoms. The van der Waals surface area contributed by atoms with Gasteiger partial charge in [-0.05, 0) is 44.9 Å². The van der Waals surface area contributed by atoms with Crippen LogP contribution in [0.25, 0.3) is 11.4 Å². The highest BCUT2D eigenvalue weighted by molar-refractivity contribution is 7.99. The predicted molar refractivity (Wildman–Crippen MR) is 121 cm³/mol. The number of carbonyl (C=O) groups is 1. The maximum atomic E-state index is 12.2. The van der Waals surface area contributed by atoms with E-state index in [-0.39, 0.29) is 11.7 Å². The number of hydrogen-bond donors (Lipinski definition) is 1. The van der Waals surface area contributed by atoms with Crippen molar-refractivity contribution in [3.8, 4) is 17.1 Å². The van der Waals surface area contributed by atoms with E-state index in [0.29, 0.717) is 13.2 Å². The highest BCUT2D eigenvalue weighted by Crippen LogP contribution is 2.26. The van der Waals surface area contributed by atoms with Gasteiger partial charge in [0, 0.05) is 12.1 Å². The monoisotopic (exact) mass is 424 g/mol. The first kappa shape index (κ1) is 21.9. The minimum atomic E-state index is -0.0488. The zero-order valence-electron chi connectivity index (χ0n) is 17.9. The van der Waals surface area contributed by atoms with Crippen molar-refractivity contribution < 1.29 is 9.53 Å². The van der Waals surface area contributed by atoms with Crippen molar-refractivity contribution in [1.82, 2.24) is 20.1 Å². The number of thioether (sulfide) groups is 1. The Hall–Kier alpha value is -2.80. The Kier molecular flexibility index (Phi) is 7.52. The van der Waals surface area contributed by atoms with Crippen molar-refractivity contribution in [3.05, 3.63) is 59.2 Å². The summed E-state index contributed by atoms with van der Waals surface area (Å²) in [6.07, 6.45) is 0. The number of amides is 1. The second-order valence-corrected chi connectivity index (χ2v) is 8.06. The number of rotatable bonds is 9. The molecule has 3 aromatic rings. The predicted octanol–water partition coefficient (Wildman–Crippen LogP) is 4.18. The summed E-state index contributed by atoms with van der Waals surface area (Å²) in [6, 6.07) is 14.2. The molecule has 3 rings (SSSR count). The topological polar surface area (TPSA) is 69.0 Å². The molecule has 0 aliphatic heterocycles. The minimum Gasteiger partial charge on any atom is -0.491 e. The van der Waals surface area contributed by atoms with Gasteiger partial charge >= 0.3 is 0 Å². The van der Waals surface area contributed by atoms with E-state index in [4.69, 9.17) is 4.74 Å². The molecule has 0 aliphatic rings. The molecule has 0 unspecified atom stereocenters. The number of aromatic nitrogens is 3. The van der Waals surface area contributed by atoms with Gasteiger partial charge < -0.3 is 14.6 Å². The Morgan fingerprint density at radius 1 is 1.10 bits per heavy atom. The van der Waals surface area contributed by atoms with E-state index < -0.39 is 0 Å². The van der Waals surface area contributed by atoms with Gasteiger partial charge in [0.05, 0.1) is 12.3 Å². The van der Waals surface area contributed by atoms with Crippen LogP contribution in [-0.4, -0.2) is 39.6 Å². The Morgan fingerprint density at radius 2 is 1.90 bits per heavy atom. The molecule has 1 amide bonds. The van der Waals surface area contributed by atoms with E-state index in [1.54, 1.807) is 0 Å². The second kappa shape index (κ2) is 10.3. The SMILES string of the molecule is CCn1c(SCC(=O)NCCOc2ccc(C)cc2C)nnc1-c1ccccc1C. The zero-order chi connectivity index (χ0) is 21.5. The highest BCUT2D eigenvalue weighted by Gasteiger charge is 2.15. The van der Waals surface area contributed by atoms with Gasteiger partial charge in [-0.3, -0.25) is 4.79 Å². The fraction of sp³-hybridized carbons (Fsp3) is 0.348. The van der Waals surface area contributed by atoms with Gasteiger partial charge in [-0.25, -0.2) is 0 Å². The van der Waals surface area contributed by atoms with Gasteiger partial charge in [-0.2, -0.15) is 0 Å². The van der Waals surface area contributed by atoms with Crippen LogP contribution < -0.4 is 10.1 Å². The van der Waals surface area contributed by atoms with Gasteiger partial charge in [0.1, 0.15) is 12.4 Å². The Balaban J connectivity index is 1.49. The number of aryl methyl sites for hydroxylation is 3. The fourth-order valence-corrected chi connectivity index (χ4v) is 4.03. The Morgan fingerprint density at radius 3 is 2.63 bits per heavy atom. The van der Waals surface area contributed by atoms with Crippen molar-refractivity contribution in [1.29, 1.82) is 0 Å². The first-order valence-electron chi connectivity index (χ1n) is 10.1. The van der Waals surface area contributed by atoms with Gasteiger partial charge in [0.15, 0.2) is 11.0 Å². The molecule has 2 aromatic carbocycles. The maximum absolute atomic E-state index is 12.2. The summed E-state index contributed by atoms with van der Waals surface area (Å²) in [5, 5.41) is 12.3. The van der Waals surface area contributed by atoms with E-state index in [2.05, 4.69) is 48.4 Å². The van der Waals surface area contributed by atoms with Crippen LogP contribution in [0.4, 0.5) is 0 Å². The molecule has 0 bridgehead atoms. The largest absolute Gasteiger partial charge is 0.491 e. The van der Waals surface area contributed by atoms with Crippen LogP contribution in [0.1, 0.15) is 23.6 Å². The van der Waals surface area contributed by atoms with Gasteiger partial charge in [0.25, 0.3) is 0 Å². The van der Waals surface area contributed by atoms with Crippen molar-refractivity contribution in [2.75, 3.05) is 18.9 Å². The lowest BCUT2D eigenvalue weighted by atomic mass is 10.1. The third-order valence-electron chi connectivity index (χ3n) is 4.76. The molecule has 0 aliphatic carbocycles. The number of hydrogen-bond acceptors (Lipinski definition) is 5. The Bertz CT molecular complexity index is 1020. The fourth-order valence-electron chi connectivity index (χ4n) is 3.20. The molecular formula is C23H28N4O2S. The molecule has 0 fully saturated rings. The van der Waals surface area contributed by atoms with Crippen LogP contribution >= 0.6 is 11.8 Å². The third-order valence-corrected chi connectivity index (χ3v) is 5.73. The molecule has 30 heavy (non-hydrogen) atoms. The number of nitrogens with one attached hydrogen (secondary N) is 1. The normalized spacial score (nSPS) is 10.8. The summed E-state index contributed by atoms with van der Waals surface area (Å²) in [4.78, 5) is 12.2. The van der Waals surface area contributed by atoms with Crippen LogP contribution in [-0.2, 0) is 11.3 Å². The lowest BCUT2D eigenvalue weighted by Gasteiger charge is -2.11. The van der Waals surface area contributed by atoms with Crippen LogP contribution in [0.2, 0.25) is 0 Å². The summed E-state index contributed by atoms with van der Waals surface area (Å²) >= 11 is 1.40. The van der Waals surface area contributed by atoms with E-state index in [1.165, 1.54) is 17.3 Å². The lowest BCUT2D eigenvalue weighted by molar-refractivity contribution is -0.118. The smallest absolute Gasteiger partial charge is 0.230 e. The second-order valence-electron chi connectivity index (χ2n) is 7.12. The van der Waals surface area contributed by atoms with Gasteiger partial charge in [-0.15, -0.1) is 10.2 Å². The molecule has 158 valence electrons. The van der Waals surface area contributed by atoms with Crippen LogP contribution in [0, 0.1) is 20.8 Å². The summed E-state index contributed by atoms with van der Waals surface area (Å²) in [5.41, 5.74) is 4.51. The van der Waals surface area contributed by atoms with E-state index in [0.717, 1.165) is 40.0 Å². The molecule has 0 saturated heterocycles. The highest BCUT2D eigenvalue weighted by atomic mass is 32.2. The molecule has 0 spiro atoms. The van der Waals surface area contributed by atoms with E-state index >= 15 is 0 Å². The summed E-state index contributed by atoms with van der Waals surface area (Å²) in [7, 11) is 0. The maximum Gasteiger partial charge on any atom is 0.230 e. The first-order chi connectivity index (χ1) is 14.5. The lowest BCUT2D eigenvalue weighted by Crippen LogP contribution is -2.29. The zero-order valence-corrected chi connectivity index (χ0v) is 18.8. The standard InChI is InChI=1S/C23H28N4O2S/c1-5-27-22(19-9-7-6-8-17(19)3)25-26-23(27)30-15-21(28)24-12-13-29-20-11-10-16(2)14-18(20)4/h6-11,14H,5,12-13,15H2,1-4H3,(H,24,28). The number of nitrogens with zero attached hydrogens (tertiary/aromatic N) is 3. The summed E-state index contributed by atoms with van der Waals surface area (Å²) in [5.74, 6) is 1.92. The van der Waals surface area contributed by atoms with Crippen molar-refractivity contribution in [2.24, 2.45) is 0 Å². The van der Waals surface area contributed by atoms with Gasteiger partial charge in [0.2, 0.25) is 5.91 Å². The van der Waals surface area contributed by atoms with Crippen molar-refractivity contribution >= 4 is 17.7 Å². The van der Waals surface area contributed by atoms with E-state index in [9.17, 15) is 4.79 Å². The average molecular weight is 425 g/mol. The molecule has 0 radical (unpaired) electrons. The number of benzene rings is 2. The summed E-state index contributed by atoms with van der Waals surface area (Å²) < 4.78 is 7.80. The minimum absolute atomic E-state index is 0.0488. The van der Waals surface area contributed by atoms with Crippen molar-refractivity contribution in [2.45, 2.75) is 39.4 Å². The average Bonchev–Trinajstić information content (AvgIpc) is 3.14. The van der Waals surface area contributed by atoms with Crippen molar-refractivity contribution in [3.63, 3.8) is 0 Å². The van der Waals surface area contributed by atoms with Crippen LogP contribution in [0.15, 0.2) is 47.6 Å². The number of carbonyl (C=O) groups excluding carboxylic acids is 1. The summed E-state index contributed by atoms with van der Waals surface area (Å²) in [6.45, 7) is 9.82. The van der Waals surface area contributed by atoms with Crippen LogP contribution in [0.5, 0.6) is 5.75 Å².